The van der Waals surface area contributed by atoms with Gasteiger partial charge in [-0.15, -0.1) is 0 Å². The van der Waals surface area contributed by atoms with E-state index in [0.717, 1.165) is 22.5 Å². The predicted octanol–water partition coefficient (Wildman–Crippen LogP) is 6.00. The molecule has 0 atom stereocenters. The summed E-state index contributed by atoms with van der Waals surface area (Å²) in [6, 6.07) is 13.0. The standard InChI is InChI=1S/C21H18Cl2N2O/c1-13-7-8-16(11-14(13)2)20(26)10-9-19-15(3)24-25(21(19)23)18-6-4-5-17(22)12-18/h4-12H,1-3H3/b10-9+. The number of allylic oxidation sites excluding steroid dienone is 1. The number of hydrogen-bond donors (Lipinski definition) is 0. The Morgan fingerprint density at radius 2 is 1.81 bits per heavy atom. The second-order valence-corrected chi connectivity index (χ2v) is 6.97. The average molecular weight is 385 g/mol. The fourth-order valence-electron chi connectivity index (χ4n) is 2.63. The van der Waals surface area contributed by atoms with Gasteiger partial charge in [-0.25, -0.2) is 4.68 Å². The van der Waals surface area contributed by atoms with Gasteiger partial charge in [-0.1, -0.05) is 41.4 Å². The molecule has 3 nitrogen and oxygen atoms in total. The minimum Gasteiger partial charge on any atom is -0.289 e. The van der Waals surface area contributed by atoms with E-state index in [4.69, 9.17) is 23.2 Å². The molecule has 3 rings (SSSR count). The van der Waals surface area contributed by atoms with Gasteiger partial charge in [-0.05, 0) is 68.3 Å². The van der Waals surface area contributed by atoms with Crippen molar-refractivity contribution in [1.82, 2.24) is 9.78 Å². The first-order chi connectivity index (χ1) is 12.4. The normalized spacial score (nSPS) is 11.3. The van der Waals surface area contributed by atoms with Gasteiger partial charge in [0, 0.05) is 16.1 Å². The molecule has 26 heavy (non-hydrogen) atoms. The summed E-state index contributed by atoms with van der Waals surface area (Å²) in [6.07, 6.45) is 3.24. The van der Waals surface area contributed by atoms with Crippen LogP contribution in [0.15, 0.2) is 48.5 Å². The van der Waals surface area contributed by atoms with E-state index in [1.165, 1.54) is 6.08 Å². The molecule has 0 fully saturated rings. The highest BCUT2D eigenvalue weighted by Gasteiger charge is 2.13. The number of ketones is 1. The van der Waals surface area contributed by atoms with Crippen molar-refractivity contribution in [2.24, 2.45) is 0 Å². The Hall–Kier alpha value is -2.36. The second kappa shape index (κ2) is 7.48. The van der Waals surface area contributed by atoms with Crippen LogP contribution in [0.1, 0.15) is 32.7 Å². The number of nitrogens with zero attached hydrogens (tertiary/aromatic N) is 2. The molecule has 0 aliphatic carbocycles. The van der Waals surface area contributed by atoms with Gasteiger partial charge < -0.3 is 0 Å². The largest absolute Gasteiger partial charge is 0.289 e. The molecular weight excluding hydrogens is 367 g/mol. The predicted molar refractivity (Wildman–Crippen MR) is 108 cm³/mol. The summed E-state index contributed by atoms with van der Waals surface area (Å²) in [5.41, 5.74) is 5.12. The van der Waals surface area contributed by atoms with E-state index in [9.17, 15) is 4.79 Å². The molecule has 1 heterocycles. The quantitative estimate of drug-likeness (QED) is 0.408. The third kappa shape index (κ3) is 3.74. The van der Waals surface area contributed by atoms with Crippen LogP contribution in [0.4, 0.5) is 0 Å². The highest BCUT2D eigenvalue weighted by Crippen LogP contribution is 2.26. The van der Waals surface area contributed by atoms with Crippen LogP contribution in [0.3, 0.4) is 0 Å². The lowest BCUT2D eigenvalue weighted by Crippen LogP contribution is -1.96. The monoisotopic (exact) mass is 384 g/mol. The van der Waals surface area contributed by atoms with Crippen LogP contribution in [0.2, 0.25) is 10.2 Å². The summed E-state index contributed by atoms with van der Waals surface area (Å²) < 4.78 is 1.61. The summed E-state index contributed by atoms with van der Waals surface area (Å²) in [5, 5.41) is 5.51. The first-order valence-corrected chi connectivity index (χ1v) is 8.93. The SMILES string of the molecule is Cc1ccc(C(=O)/C=C/c2c(C)nn(-c3cccc(Cl)c3)c2Cl)cc1C. The molecule has 132 valence electrons. The zero-order chi connectivity index (χ0) is 18.8. The number of hydrogen-bond acceptors (Lipinski definition) is 2. The van der Waals surface area contributed by atoms with Crippen molar-refractivity contribution in [3.63, 3.8) is 0 Å². The fourth-order valence-corrected chi connectivity index (χ4v) is 3.15. The van der Waals surface area contributed by atoms with E-state index in [1.807, 2.05) is 51.1 Å². The van der Waals surface area contributed by atoms with Crippen molar-refractivity contribution in [1.29, 1.82) is 0 Å². The van der Waals surface area contributed by atoms with E-state index in [0.29, 0.717) is 21.3 Å². The lowest BCUT2D eigenvalue weighted by molar-refractivity contribution is 0.104. The van der Waals surface area contributed by atoms with Gasteiger partial charge in [0.1, 0.15) is 5.15 Å². The van der Waals surface area contributed by atoms with E-state index in [2.05, 4.69) is 5.10 Å². The topological polar surface area (TPSA) is 34.9 Å². The molecule has 3 aromatic rings. The van der Waals surface area contributed by atoms with Crippen LogP contribution in [-0.4, -0.2) is 15.6 Å². The van der Waals surface area contributed by atoms with Crippen molar-refractivity contribution < 1.29 is 4.79 Å². The molecule has 0 saturated carbocycles. The molecule has 0 bridgehead atoms. The molecule has 0 N–H and O–H groups in total. The lowest BCUT2D eigenvalue weighted by Gasteiger charge is -2.03. The molecule has 0 unspecified atom stereocenters. The van der Waals surface area contributed by atoms with Gasteiger partial charge in [0.05, 0.1) is 11.4 Å². The molecule has 0 radical (unpaired) electrons. The minimum atomic E-state index is -0.0703. The van der Waals surface area contributed by atoms with Crippen molar-refractivity contribution in [3.05, 3.63) is 86.7 Å². The van der Waals surface area contributed by atoms with Crippen LogP contribution in [0.25, 0.3) is 11.8 Å². The number of carbonyl (C=O) groups is 1. The third-order valence-electron chi connectivity index (χ3n) is 4.29. The van der Waals surface area contributed by atoms with Crippen molar-refractivity contribution in [2.75, 3.05) is 0 Å². The summed E-state index contributed by atoms with van der Waals surface area (Å²) in [5.74, 6) is -0.0703. The minimum absolute atomic E-state index is 0.0703. The zero-order valence-corrected chi connectivity index (χ0v) is 16.3. The lowest BCUT2D eigenvalue weighted by atomic mass is 10.0. The smallest absolute Gasteiger partial charge is 0.185 e. The Labute approximate surface area is 162 Å². The van der Waals surface area contributed by atoms with E-state index >= 15 is 0 Å². The molecule has 0 spiro atoms. The highest BCUT2D eigenvalue weighted by molar-refractivity contribution is 6.32. The van der Waals surface area contributed by atoms with E-state index < -0.39 is 0 Å². The summed E-state index contributed by atoms with van der Waals surface area (Å²) in [6.45, 7) is 5.87. The van der Waals surface area contributed by atoms with Gasteiger partial charge in [0.25, 0.3) is 0 Å². The first kappa shape index (κ1) is 18.4. The molecule has 5 heteroatoms. The second-order valence-electron chi connectivity index (χ2n) is 6.18. The van der Waals surface area contributed by atoms with Crippen LogP contribution in [0, 0.1) is 20.8 Å². The van der Waals surface area contributed by atoms with Crippen LogP contribution < -0.4 is 0 Å². The van der Waals surface area contributed by atoms with E-state index in [-0.39, 0.29) is 5.78 Å². The number of carbonyl (C=O) groups excluding carboxylic acids is 1. The van der Waals surface area contributed by atoms with Crippen molar-refractivity contribution in [3.8, 4) is 5.69 Å². The molecule has 1 aromatic heterocycles. The maximum atomic E-state index is 12.5. The zero-order valence-electron chi connectivity index (χ0n) is 14.8. The number of halogens is 2. The molecule has 0 saturated heterocycles. The number of benzene rings is 2. The van der Waals surface area contributed by atoms with Crippen LogP contribution in [-0.2, 0) is 0 Å². The fraction of sp³-hybridized carbons (Fsp3) is 0.143. The molecule has 0 aliphatic rings. The molecule has 2 aromatic carbocycles. The Morgan fingerprint density at radius 1 is 1.04 bits per heavy atom. The summed E-state index contributed by atoms with van der Waals surface area (Å²) in [4.78, 5) is 12.5. The summed E-state index contributed by atoms with van der Waals surface area (Å²) >= 11 is 12.5. The van der Waals surface area contributed by atoms with Gasteiger partial charge in [0.15, 0.2) is 5.78 Å². The number of aryl methyl sites for hydroxylation is 3. The van der Waals surface area contributed by atoms with E-state index in [1.54, 1.807) is 22.9 Å². The van der Waals surface area contributed by atoms with Gasteiger partial charge in [-0.3, -0.25) is 4.79 Å². The average Bonchev–Trinajstić information content (AvgIpc) is 2.89. The Kier molecular flexibility index (Phi) is 5.30. The molecule has 0 aliphatic heterocycles. The third-order valence-corrected chi connectivity index (χ3v) is 4.89. The van der Waals surface area contributed by atoms with Crippen molar-refractivity contribution in [2.45, 2.75) is 20.8 Å². The van der Waals surface area contributed by atoms with Gasteiger partial charge in [-0.2, -0.15) is 5.10 Å². The maximum Gasteiger partial charge on any atom is 0.185 e. The van der Waals surface area contributed by atoms with Crippen LogP contribution >= 0.6 is 23.2 Å². The maximum absolute atomic E-state index is 12.5. The Balaban J connectivity index is 1.91. The van der Waals surface area contributed by atoms with Gasteiger partial charge >= 0.3 is 0 Å². The van der Waals surface area contributed by atoms with Crippen molar-refractivity contribution >= 4 is 35.1 Å². The first-order valence-electron chi connectivity index (χ1n) is 8.17. The number of rotatable bonds is 4. The molecular formula is C21H18Cl2N2O. The Morgan fingerprint density at radius 3 is 2.50 bits per heavy atom. The number of aromatic nitrogens is 2. The molecule has 0 amide bonds. The van der Waals surface area contributed by atoms with Gasteiger partial charge in [0.2, 0.25) is 0 Å². The van der Waals surface area contributed by atoms with Crippen LogP contribution in [0.5, 0.6) is 0 Å². The highest BCUT2D eigenvalue weighted by atomic mass is 35.5. The summed E-state index contributed by atoms with van der Waals surface area (Å²) in [7, 11) is 0. The Bertz CT molecular complexity index is 1020.